The maximum Gasteiger partial charge on any atom is 0.319 e. The van der Waals surface area contributed by atoms with Crippen LogP contribution in [0.25, 0.3) is 0 Å². The molecule has 29 heavy (non-hydrogen) atoms. The summed E-state index contributed by atoms with van der Waals surface area (Å²) in [5.74, 6) is 0.628. The number of allylic oxidation sites excluding steroid dienone is 1. The molecule has 1 aliphatic heterocycles. The van der Waals surface area contributed by atoms with Crippen LogP contribution in [0.3, 0.4) is 0 Å². The van der Waals surface area contributed by atoms with E-state index in [1.807, 2.05) is 32.9 Å². The fourth-order valence-electron chi connectivity index (χ4n) is 3.11. The third-order valence-corrected chi connectivity index (χ3v) is 5.31. The van der Waals surface area contributed by atoms with Crippen molar-refractivity contribution >= 4 is 29.2 Å². The number of urea groups is 1. The molecule has 2 amide bonds. The van der Waals surface area contributed by atoms with Crippen molar-refractivity contribution in [3.8, 4) is 11.8 Å². The predicted molar refractivity (Wildman–Crippen MR) is 114 cm³/mol. The molecular weight excluding hydrogens is 409 g/mol. The first-order chi connectivity index (χ1) is 13.7. The quantitative estimate of drug-likeness (QED) is 0.649. The van der Waals surface area contributed by atoms with Gasteiger partial charge in [-0.05, 0) is 29.8 Å². The van der Waals surface area contributed by atoms with E-state index in [9.17, 15) is 10.1 Å². The molecule has 2 aromatic carbocycles. The van der Waals surface area contributed by atoms with Gasteiger partial charge in [-0.15, -0.1) is 0 Å². The van der Waals surface area contributed by atoms with Gasteiger partial charge in [0.1, 0.15) is 12.4 Å². The molecule has 3 rings (SSSR count). The van der Waals surface area contributed by atoms with Gasteiger partial charge in [0.25, 0.3) is 0 Å². The molecular formula is C22H21Cl2N3O2. The van der Waals surface area contributed by atoms with Crippen LogP contribution in [0.2, 0.25) is 10.0 Å². The van der Waals surface area contributed by atoms with Crippen LogP contribution >= 0.6 is 23.2 Å². The lowest BCUT2D eigenvalue weighted by Gasteiger charge is -2.33. The van der Waals surface area contributed by atoms with Gasteiger partial charge in [0, 0.05) is 26.7 Å². The van der Waals surface area contributed by atoms with Gasteiger partial charge in [0.2, 0.25) is 0 Å². The van der Waals surface area contributed by atoms with Crippen LogP contribution in [0.15, 0.2) is 53.7 Å². The van der Waals surface area contributed by atoms with E-state index in [1.54, 1.807) is 30.3 Å². The molecule has 1 atom stereocenters. The summed E-state index contributed by atoms with van der Waals surface area (Å²) in [6.45, 7) is 6.11. The fourth-order valence-corrected chi connectivity index (χ4v) is 3.62. The van der Waals surface area contributed by atoms with Crippen molar-refractivity contribution in [2.24, 2.45) is 5.41 Å². The lowest BCUT2D eigenvalue weighted by Crippen LogP contribution is -2.46. The average molecular weight is 430 g/mol. The Hall–Kier alpha value is -2.68. The lowest BCUT2D eigenvalue weighted by atomic mass is 9.84. The Morgan fingerprint density at radius 2 is 1.72 bits per heavy atom. The van der Waals surface area contributed by atoms with Gasteiger partial charge >= 0.3 is 6.03 Å². The van der Waals surface area contributed by atoms with E-state index >= 15 is 0 Å². The fraction of sp³-hybridized carbons (Fsp3) is 0.273. The minimum atomic E-state index is -0.518. The van der Waals surface area contributed by atoms with Gasteiger partial charge in [-0.1, -0.05) is 62.2 Å². The highest BCUT2D eigenvalue weighted by molar-refractivity contribution is 6.35. The molecule has 2 N–H and O–H groups in total. The van der Waals surface area contributed by atoms with Crippen LogP contribution in [0.1, 0.15) is 37.9 Å². The minimum Gasteiger partial charge on any atom is -0.489 e. The summed E-state index contributed by atoms with van der Waals surface area (Å²) in [4.78, 5) is 12.1. The highest BCUT2D eigenvalue weighted by Gasteiger charge is 2.33. The van der Waals surface area contributed by atoms with Gasteiger partial charge in [-0.3, -0.25) is 0 Å². The summed E-state index contributed by atoms with van der Waals surface area (Å²) >= 11 is 12.3. The number of nitrogens with zero attached hydrogens (tertiary/aromatic N) is 1. The Bertz CT molecular complexity index is 982. The normalized spacial score (nSPS) is 16.7. The number of nitriles is 1. The van der Waals surface area contributed by atoms with Crippen molar-refractivity contribution in [2.75, 3.05) is 0 Å². The van der Waals surface area contributed by atoms with Crippen molar-refractivity contribution in [3.63, 3.8) is 0 Å². The number of rotatable bonds is 4. The molecule has 0 saturated carbocycles. The predicted octanol–water partition coefficient (Wildman–Crippen LogP) is 5.75. The van der Waals surface area contributed by atoms with Gasteiger partial charge in [-0.25, -0.2) is 4.79 Å². The molecule has 7 heteroatoms. The third kappa shape index (κ3) is 4.67. The van der Waals surface area contributed by atoms with E-state index in [0.717, 1.165) is 11.1 Å². The number of amides is 2. The van der Waals surface area contributed by atoms with Crippen molar-refractivity contribution < 1.29 is 9.53 Å². The number of nitrogens with one attached hydrogen (secondary N) is 2. The molecule has 0 aromatic heterocycles. The Balaban J connectivity index is 1.82. The average Bonchev–Trinajstić information content (AvgIpc) is 2.67. The first-order valence-electron chi connectivity index (χ1n) is 9.08. The van der Waals surface area contributed by atoms with Crippen molar-refractivity contribution in [1.82, 2.24) is 10.6 Å². The largest absolute Gasteiger partial charge is 0.489 e. The Morgan fingerprint density at radius 3 is 2.28 bits per heavy atom. The van der Waals surface area contributed by atoms with E-state index in [1.165, 1.54) is 0 Å². The molecule has 1 aliphatic rings. The summed E-state index contributed by atoms with van der Waals surface area (Å²) in [5.41, 5.74) is 2.27. The lowest BCUT2D eigenvalue weighted by molar-refractivity contribution is 0.235. The molecule has 1 heterocycles. The van der Waals surface area contributed by atoms with Crippen molar-refractivity contribution in [2.45, 2.75) is 33.4 Å². The summed E-state index contributed by atoms with van der Waals surface area (Å²) < 4.78 is 5.80. The molecule has 0 fully saturated rings. The van der Waals surface area contributed by atoms with Crippen LogP contribution < -0.4 is 15.4 Å². The second kappa shape index (κ2) is 8.36. The zero-order valence-corrected chi connectivity index (χ0v) is 17.9. The Kier molecular flexibility index (Phi) is 6.07. The number of carbonyl (C=O) groups is 1. The molecule has 0 aliphatic carbocycles. The second-order valence-electron chi connectivity index (χ2n) is 7.74. The minimum absolute atomic E-state index is 0.236. The van der Waals surface area contributed by atoms with Crippen LogP contribution in [0, 0.1) is 16.7 Å². The molecule has 5 nitrogen and oxygen atoms in total. The highest BCUT2D eigenvalue weighted by atomic mass is 35.5. The molecule has 0 spiro atoms. The first kappa shape index (κ1) is 21.0. The van der Waals surface area contributed by atoms with Crippen LogP contribution in [-0.2, 0) is 6.61 Å². The Labute approximate surface area is 180 Å². The monoisotopic (exact) mass is 429 g/mol. The van der Waals surface area contributed by atoms with Gasteiger partial charge in [-0.2, -0.15) is 5.26 Å². The number of hydrogen-bond acceptors (Lipinski definition) is 3. The van der Waals surface area contributed by atoms with Crippen LogP contribution in [0.4, 0.5) is 4.79 Å². The number of halogens is 2. The van der Waals surface area contributed by atoms with E-state index in [4.69, 9.17) is 27.9 Å². The third-order valence-electron chi connectivity index (χ3n) is 4.60. The van der Waals surface area contributed by atoms with Crippen molar-refractivity contribution in [1.29, 1.82) is 5.26 Å². The second-order valence-corrected chi connectivity index (χ2v) is 8.55. The molecule has 0 radical (unpaired) electrons. The maximum atomic E-state index is 12.1. The number of benzene rings is 2. The summed E-state index contributed by atoms with van der Waals surface area (Å²) in [6, 6.07) is 13.9. The smallest absolute Gasteiger partial charge is 0.319 e. The maximum absolute atomic E-state index is 12.1. The number of carbonyl (C=O) groups excluding carboxylic acids is 1. The summed E-state index contributed by atoms with van der Waals surface area (Å²) in [5, 5.41) is 16.4. The molecule has 0 saturated heterocycles. The zero-order valence-electron chi connectivity index (χ0n) is 16.3. The van der Waals surface area contributed by atoms with Gasteiger partial charge < -0.3 is 15.4 Å². The van der Waals surface area contributed by atoms with E-state index < -0.39 is 6.04 Å². The van der Waals surface area contributed by atoms with Crippen molar-refractivity contribution in [3.05, 3.63) is 74.9 Å². The Morgan fingerprint density at radius 1 is 1.10 bits per heavy atom. The highest BCUT2D eigenvalue weighted by Crippen LogP contribution is 2.35. The number of ether oxygens (including phenoxy) is 1. The first-order valence-corrected chi connectivity index (χ1v) is 9.84. The number of hydrogen-bond donors (Lipinski definition) is 2. The zero-order chi connectivity index (χ0) is 21.2. The molecule has 0 unspecified atom stereocenters. The molecule has 0 bridgehead atoms. The van der Waals surface area contributed by atoms with Gasteiger partial charge in [0.15, 0.2) is 0 Å². The van der Waals surface area contributed by atoms with Crippen LogP contribution in [-0.4, -0.2) is 6.03 Å². The topological polar surface area (TPSA) is 74.1 Å². The van der Waals surface area contributed by atoms with Gasteiger partial charge in [0.05, 0.1) is 17.7 Å². The standard InChI is InChI=1S/C22H21Cl2N3O2/c1-22(2,3)20-15(11-25)19(26-21(28)27-20)13-7-9-14(10-8-13)29-12-16-17(23)5-4-6-18(16)24/h4-10,19H,12H2,1-3H3,(H2,26,27,28)/t19-/m1/s1. The molecule has 2 aromatic rings. The molecule has 150 valence electrons. The van der Waals surface area contributed by atoms with E-state index in [-0.39, 0.29) is 18.1 Å². The van der Waals surface area contributed by atoms with E-state index in [2.05, 4.69) is 16.7 Å². The summed E-state index contributed by atoms with van der Waals surface area (Å²) in [6.07, 6.45) is 0. The SMILES string of the molecule is CC(C)(C)C1=C(C#N)[C@@H](c2ccc(OCc3c(Cl)cccc3Cl)cc2)NC(=O)N1. The van der Waals surface area contributed by atoms with Crippen LogP contribution in [0.5, 0.6) is 5.75 Å². The summed E-state index contributed by atoms with van der Waals surface area (Å²) in [7, 11) is 0. The van der Waals surface area contributed by atoms with E-state index in [0.29, 0.717) is 27.1 Å².